The Kier molecular flexibility index (Phi) is 12.6. The van der Waals surface area contributed by atoms with E-state index in [0.29, 0.717) is 45.4 Å². The van der Waals surface area contributed by atoms with Gasteiger partial charge in [0.05, 0.1) is 40.4 Å². The summed E-state index contributed by atoms with van der Waals surface area (Å²) < 4.78 is 25.2. The summed E-state index contributed by atoms with van der Waals surface area (Å²) >= 11 is 0. The van der Waals surface area contributed by atoms with E-state index >= 15 is 0 Å². The Balaban J connectivity index is 0.00000163. The van der Waals surface area contributed by atoms with Gasteiger partial charge in [-0.15, -0.1) is 24.8 Å². The monoisotopic (exact) mass is 734 g/mol. The Morgan fingerprint density at radius 1 is 0.796 bits per heavy atom. The molecule has 0 saturated carbocycles. The number of quaternary nitrogens is 1. The van der Waals surface area contributed by atoms with E-state index in [1.54, 1.807) is 20.3 Å². The number of phenols is 2. The summed E-state index contributed by atoms with van der Waals surface area (Å²) in [5.41, 5.74) is 6.66. The van der Waals surface area contributed by atoms with Crippen molar-refractivity contribution < 1.29 is 51.5 Å². The molecule has 0 fully saturated rings. The van der Waals surface area contributed by atoms with Crippen molar-refractivity contribution in [3.63, 3.8) is 0 Å². The zero-order chi connectivity index (χ0) is 31.5. The molecular weight excluding hydrogens is 691 g/mol. The molecule has 0 aromatic heterocycles. The van der Waals surface area contributed by atoms with Crippen LogP contribution in [0.25, 0.3) is 0 Å². The second-order valence-corrected chi connectivity index (χ2v) is 13.1. The third-order valence-corrected chi connectivity index (χ3v) is 9.99. The minimum Gasteiger partial charge on any atom is -1.00 e. The summed E-state index contributed by atoms with van der Waals surface area (Å²) in [6.45, 7) is 1.84. The number of likely N-dealkylation sites (N-methyl/N-ethyl adjacent to an activating group) is 2. The quantitative estimate of drug-likeness (QED) is 0.302. The highest BCUT2D eigenvalue weighted by Crippen LogP contribution is 2.51. The lowest BCUT2D eigenvalue weighted by molar-refractivity contribution is -0.923. The summed E-state index contributed by atoms with van der Waals surface area (Å²) in [5, 5.41) is 22.4. The van der Waals surface area contributed by atoms with Crippen LogP contribution in [-0.4, -0.2) is 73.5 Å². The summed E-state index contributed by atoms with van der Waals surface area (Å²) in [6.07, 6.45) is 3.16. The summed E-state index contributed by atoms with van der Waals surface area (Å²) in [7, 11) is 9.80. The number of rotatable bonds is 2. The molecule has 4 aromatic rings. The van der Waals surface area contributed by atoms with Crippen LogP contribution in [0, 0.1) is 0 Å². The minimum atomic E-state index is -0.0503. The highest BCUT2D eigenvalue weighted by molar-refractivity contribution is 5.85. The second-order valence-electron chi connectivity index (χ2n) is 13.1. The smallest absolute Gasteiger partial charge is 0.201 e. The van der Waals surface area contributed by atoms with Gasteiger partial charge in [-0.05, 0) is 90.2 Å². The molecule has 0 amide bonds. The van der Waals surface area contributed by atoms with E-state index in [1.165, 1.54) is 16.7 Å². The maximum Gasteiger partial charge on any atom is 0.201 e. The highest BCUT2D eigenvalue weighted by Gasteiger charge is 2.41. The van der Waals surface area contributed by atoms with Crippen molar-refractivity contribution in [3.05, 3.63) is 94.0 Å². The molecule has 2 atom stereocenters. The van der Waals surface area contributed by atoms with Gasteiger partial charge in [-0.2, -0.15) is 0 Å². The summed E-state index contributed by atoms with van der Waals surface area (Å²) in [5.74, 6) is 3.14. The van der Waals surface area contributed by atoms with Crippen molar-refractivity contribution in [2.24, 2.45) is 0 Å². The SMILES string of the molecule is COc1cc2c3cc1Oc1cc(ccc1O)C[C@@H]1c4c(cc(OC)c(O)c4Oc4ccc(cc4)C[C@@H]3N(C)CC2)CC[N+]1(C)C.Cl.Cl.O.[Cl-]. The fraction of sp³-hybridized carbons (Fsp3) is 0.351. The van der Waals surface area contributed by atoms with Crippen molar-refractivity contribution >= 4 is 24.8 Å². The Bertz CT molecular complexity index is 1790. The van der Waals surface area contributed by atoms with Crippen molar-refractivity contribution in [1.29, 1.82) is 0 Å². The van der Waals surface area contributed by atoms with Gasteiger partial charge in [0.15, 0.2) is 34.5 Å². The zero-order valence-corrected chi connectivity index (χ0v) is 30.7. The van der Waals surface area contributed by atoms with Crippen LogP contribution in [0.4, 0.5) is 0 Å². The van der Waals surface area contributed by atoms with Crippen LogP contribution in [0.15, 0.2) is 60.7 Å². The van der Waals surface area contributed by atoms with Gasteiger partial charge in [-0.1, -0.05) is 18.2 Å². The van der Waals surface area contributed by atoms with Gasteiger partial charge in [-0.25, -0.2) is 0 Å². The molecule has 4 aliphatic heterocycles. The number of ether oxygens (including phenoxy) is 4. The Morgan fingerprint density at radius 3 is 2.16 bits per heavy atom. The number of fused-ring (bicyclic) bond motifs is 2. The van der Waals surface area contributed by atoms with Gasteiger partial charge in [0, 0.05) is 25.4 Å². The minimum absolute atomic E-state index is 0. The van der Waals surface area contributed by atoms with E-state index in [0.717, 1.165) is 49.0 Å². The van der Waals surface area contributed by atoms with Gasteiger partial charge in [0.2, 0.25) is 5.75 Å². The number of phenolic OH excluding ortho intramolecular Hbond substituents is 2. The van der Waals surface area contributed by atoms with Gasteiger partial charge in [0.1, 0.15) is 11.8 Å². The molecule has 4 heterocycles. The standard InChI is InChI=1S/C37H40N2O6.3ClH.H2O/c1-38-14-12-24-19-32(42-4)33-21-27(24)28(38)16-22-6-9-26(10-7-22)44-37-35-25(20-34(43-5)36(37)41)13-15-39(2,3)29(35)17-23-8-11-30(40)31(18-23)45-33;;;;/h6-11,18-21,28-29H,12-17H2,1-5H3,(H-,40,41);3*1H;1H2/t28-,29+;;;;/m0..../s1. The van der Waals surface area contributed by atoms with Crippen molar-refractivity contribution in [2.45, 2.75) is 37.8 Å². The van der Waals surface area contributed by atoms with Crippen LogP contribution in [0.3, 0.4) is 0 Å². The first-order chi connectivity index (χ1) is 21.6. The molecule has 4 aromatic carbocycles. The number of hydrogen-bond acceptors (Lipinski definition) is 7. The molecule has 266 valence electrons. The van der Waals surface area contributed by atoms with E-state index in [1.807, 2.05) is 30.3 Å². The Morgan fingerprint density at radius 2 is 1.47 bits per heavy atom. The number of aromatic hydroxyl groups is 2. The van der Waals surface area contributed by atoms with E-state index in [-0.39, 0.29) is 66.3 Å². The molecule has 12 heteroatoms. The first kappa shape index (κ1) is 39.9. The molecule has 9 nitrogen and oxygen atoms in total. The Labute approximate surface area is 306 Å². The third kappa shape index (κ3) is 7.33. The predicted octanol–water partition coefficient (Wildman–Crippen LogP) is 3.72. The van der Waals surface area contributed by atoms with Crippen LogP contribution < -0.4 is 31.4 Å². The van der Waals surface area contributed by atoms with Gasteiger partial charge < -0.3 is 51.5 Å². The number of halogens is 3. The van der Waals surface area contributed by atoms with E-state index in [4.69, 9.17) is 18.9 Å². The van der Waals surface area contributed by atoms with Crippen LogP contribution >= 0.6 is 24.8 Å². The molecule has 0 radical (unpaired) electrons. The van der Waals surface area contributed by atoms with Crippen molar-refractivity contribution in [1.82, 2.24) is 4.90 Å². The maximum atomic E-state index is 11.5. The molecule has 8 rings (SSSR count). The maximum absolute atomic E-state index is 11.5. The van der Waals surface area contributed by atoms with Crippen molar-refractivity contribution in [2.75, 3.05) is 48.5 Å². The topological polar surface area (TPSA) is 112 Å². The van der Waals surface area contributed by atoms with Crippen LogP contribution in [0.2, 0.25) is 0 Å². The van der Waals surface area contributed by atoms with E-state index < -0.39 is 0 Å². The van der Waals surface area contributed by atoms with E-state index in [9.17, 15) is 10.2 Å². The predicted molar refractivity (Wildman–Crippen MR) is 190 cm³/mol. The molecule has 6 bridgehead atoms. The van der Waals surface area contributed by atoms with Crippen LogP contribution in [0.1, 0.15) is 45.5 Å². The van der Waals surface area contributed by atoms with Gasteiger partial charge >= 0.3 is 0 Å². The second kappa shape index (κ2) is 15.5. The molecule has 49 heavy (non-hydrogen) atoms. The summed E-state index contributed by atoms with van der Waals surface area (Å²) in [4.78, 5) is 2.38. The molecule has 4 N–H and O–H groups in total. The first-order valence-corrected chi connectivity index (χ1v) is 15.6. The average molecular weight is 736 g/mol. The van der Waals surface area contributed by atoms with Crippen LogP contribution in [-0.2, 0) is 25.7 Å². The highest BCUT2D eigenvalue weighted by atomic mass is 35.5. The zero-order valence-electron chi connectivity index (χ0n) is 28.3. The molecular formula is C37H45Cl3N2O7. The fourth-order valence-electron chi connectivity index (χ4n) is 7.27. The van der Waals surface area contributed by atoms with Gasteiger partial charge in [0.25, 0.3) is 0 Å². The Hall–Kier alpha value is -3.57. The molecule has 0 spiro atoms. The fourth-order valence-corrected chi connectivity index (χ4v) is 7.27. The first-order valence-electron chi connectivity index (χ1n) is 15.6. The van der Waals surface area contributed by atoms with E-state index in [2.05, 4.69) is 50.3 Å². The molecule has 0 saturated heterocycles. The van der Waals surface area contributed by atoms with Crippen LogP contribution in [0.5, 0.6) is 46.0 Å². The number of nitrogens with zero attached hydrogens (tertiary/aromatic N) is 2. The average Bonchev–Trinajstić information content (AvgIpc) is 3.03. The van der Waals surface area contributed by atoms with Gasteiger partial charge in [-0.3, -0.25) is 4.90 Å². The lowest BCUT2D eigenvalue weighted by Gasteiger charge is -2.43. The molecule has 0 aliphatic carbocycles. The number of hydrogen-bond donors (Lipinski definition) is 2. The van der Waals surface area contributed by atoms with Crippen molar-refractivity contribution in [3.8, 4) is 46.0 Å². The lowest BCUT2D eigenvalue weighted by atomic mass is 9.86. The third-order valence-electron chi connectivity index (χ3n) is 9.99. The molecule has 0 unspecified atom stereocenters. The normalized spacial score (nSPS) is 18.6. The molecule has 4 aliphatic rings. The number of benzene rings is 4. The largest absolute Gasteiger partial charge is 1.00 e. The number of methoxy groups -OCH3 is 2. The lowest BCUT2D eigenvalue weighted by Crippen LogP contribution is -3.00. The summed E-state index contributed by atoms with van der Waals surface area (Å²) in [6, 6.07) is 19.9.